The number of nitrogens with one attached hydrogen (secondary N) is 2. The van der Waals surface area contributed by atoms with Crippen LogP contribution in [0.5, 0.6) is 5.75 Å². The molecule has 2 heterocycles. The van der Waals surface area contributed by atoms with Crippen molar-refractivity contribution < 1.29 is 19.1 Å². The molecule has 0 spiro atoms. The van der Waals surface area contributed by atoms with Crippen LogP contribution in [0.3, 0.4) is 0 Å². The number of urea groups is 1. The maximum Gasteiger partial charge on any atom is 0.327 e. The largest absolute Gasteiger partial charge is 0.497 e. The number of rotatable bonds is 12. The summed E-state index contributed by atoms with van der Waals surface area (Å²) in [5.74, 6) is 1.37. The summed E-state index contributed by atoms with van der Waals surface area (Å²) in [4.78, 5) is 49.6. The van der Waals surface area contributed by atoms with Gasteiger partial charge in [-0.1, -0.05) is 51.1 Å². The summed E-state index contributed by atoms with van der Waals surface area (Å²) in [6.45, 7) is 3.48. The van der Waals surface area contributed by atoms with Crippen LogP contribution in [-0.2, 0) is 22.4 Å². The Bertz CT molecular complexity index is 1130. The molecule has 1 aromatic carbocycles. The van der Waals surface area contributed by atoms with Gasteiger partial charge in [0.1, 0.15) is 17.6 Å². The van der Waals surface area contributed by atoms with Crippen molar-refractivity contribution in [3.63, 3.8) is 0 Å². The number of thiol groups is 1. The fourth-order valence-corrected chi connectivity index (χ4v) is 6.84. The van der Waals surface area contributed by atoms with Gasteiger partial charge in [-0.05, 0) is 55.7 Å². The van der Waals surface area contributed by atoms with Gasteiger partial charge in [-0.15, -0.1) is 0 Å². The van der Waals surface area contributed by atoms with Gasteiger partial charge in [0, 0.05) is 50.5 Å². The fourth-order valence-electron chi connectivity index (χ4n) is 6.59. The molecule has 1 saturated heterocycles. The summed E-state index contributed by atoms with van der Waals surface area (Å²) in [5.41, 5.74) is 1.41. The van der Waals surface area contributed by atoms with E-state index in [2.05, 4.69) is 35.0 Å². The molecule has 10 heteroatoms. The maximum absolute atomic E-state index is 14.0. The molecule has 1 unspecified atom stereocenters. The first kappa shape index (κ1) is 30.9. The number of nitrogens with zero attached hydrogens (tertiary/aromatic N) is 3. The standard InChI is InChI=1S/C31H45N5O4S/c1-3-7-28(37)31(24-8-5-4-6-9-24)15-18-35(19-16-31)29(38)27(20-23-10-12-26(40-2)13-11-23)36(41)30(39)33-17-14-25-21-32-22-34-25/h10-13,21-22,24,27,41H,3-9,14-20H2,1-2H3,(H,32,34)(H,33,39). The van der Waals surface area contributed by atoms with Crippen LogP contribution < -0.4 is 10.1 Å². The number of amides is 3. The zero-order valence-corrected chi connectivity index (χ0v) is 25.3. The molecule has 1 aliphatic heterocycles. The van der Waals surface area contributed by atoms with Gasteiger partial charge in [0.05, 0.1) is 19.1 Å². The van der Waals surface area contributed by atoms with Gasteiger partial charge in [-0.25, -0.2) is 9.78 Å². The second kappa shape index (κ2) is 14.8. The third-order valence-corrected chi connectivity index (χ3v) is 9.44. The molecule has 2 aliphatic rings. The number of piperidine rings is 1. The Morgan fingerprint density at radius 2 is 1.88 bits per heavy atom. The minimum atomic E-state index is -0.800. The zero-order chi connectivity index (χ0) is 29.2. The summed E-state index contributed by atoms with van der Waals surface area (Å²) in [6, 6.07) is 6.28. The number of hydrogen-bond donors (Lipinski definition) is 3. The lowest BCUT2D eigenvalue weighted by Gasteiger charge is -2.47. The molecule has 3 amide bonds. The number of hydrogen-bond acceptors (Lipinski definition) is 6. The van der Waals surface area contributed by atoms with E-state index in [1.807, 2.05) is 29.2 Å². The first-order chi connectivity index (χ1) is 19.9. The van der Waals surface area contributed by atoms with Gasteiger partial charge in [0.2, 0.25) is 5.91 Å². The smallest absolute Gasteiger partial charge is 0.327 e. The highest BCUT2D eigenvalue weighted by atomic mass is 32.1. The first-order valence-electron chi connectivity index (χ1n) is 15.1. The van der Waals surface area contributed by atoms with Crippen molar-refractivity contribution in [1.82, 2.24) is 24.5 Å². The van der Waals surface area contributed by atoms with Crippen LogP contribution >= 0.6 is 12.8 Å². The maximum atomic E-state index is 14.0. The lowest BCUT2D eigenvalue weighted by atomic mass is 9.61. The van der Waals surface area contributed by atoms with Crippen LogP contribution in [-0.4, -0.2) is 69.7 Å². The number of Topliss-reactive ketones (excluding diaryl/α,β-unsaturated/α-hetero) is 1. The SMILES string of the molecule is CCCC(=O)C1(C2CCCCC2)CCN(C(=O)C(Cc2ccc(OC)cc2)N(S)C(=O)NCCc2c[nH]cn2)CC1. The van der Waals surface area contributed by atoms with Gasteiger partial charge in [0.15, 0.2) is 0 Å². The van der Waals surface area contributed by atoms with E-state index in [1.165, 1.54) is 23.6 Å². The van der Waals surface area contributed by atoms with Gasteiger partial charge in [0.25, 0.3) is 0 Å². The molecule has 2 fully saturated rings. The van der Waals surface area contributed by atoms with Crippen molar-refractivity contribution in [2.45, 2.75) is 83.6 Å². The van der Waals surface area contributed by atoms with E-state index in [4.69, 9.17) is 4.74 Å². The second-order valence-corrected chi connectivity index (χ2v) is 11.9. The van der Waals surface area contributed by atoms with Gasteiger partial charge in [-0.3, -0.25) is 13.9 Å². The lowest BCUT2D eigenvalue weighted by Crippen LogP contribution is -2.55. The predicted octanol–water partition coefficient (Wildman–Crippen LogP) is 4.99. The van der Waals surface area contributed by atoms with Crippen molar-refractivity contribution in [3.05, 3.63) is 48.0 Å². The average molecular weight is 584 g/mol. The second-order valence-electron chi connectivity index (χ2n) is 11.4. The highest BCUT2D eigenvalue weighted by molar-refractivity contribution is 7.78. The van der Waals surface area contributed by atoms with Crippen LogP contribution in [0, 0.1) is 11.3 Å². The number of methoxy groups -OCH3 is 1. The molecule has 1 aliphatic carbocycles. The summed E-state index contributed by atoms with van der Waals surface area (Å²) >= 11 is 4.55. The molecule has 41 heavy (non-hydrogen) atoms. The van der Waals surface area contributed by atoms with Gasteiger partial charge >= 0.3 is 6.03 Å². The van der Waals surface area contributed by atoms with E-state index in [0.717, 1.165) is 36.3 Å². The van der Waals surface area contributed by atoms with Crippen molar-refractivity contribution in [3.8, 4) is 5.75 Å². The van der Waals surface area contributed by atoms with E-state index in [-0.39, 0.29) is 11.3 Å². The topological polar surface area (TPSA) is 108 Å². The van der Waals surface area contributed by atoms with Crippen molar-refractivity contribution in [1.29, 1.82) is 0 Å². The number of ether oxygens (including phenoxy) is 1. The van der Waals surface area contributed by atoms with Gasteiger partial charge < -0.3 is 19.9 Å². The number of carbonyl (C=O) groups is 3. The minimum absolute atomic E-state index is 0.140. The van der Waals surface area contributed by atoms with Crippen LogP contribution in [0.2, 0.25) is 0 Å². The van der Waals surface area contributed by atoms with E-state index in [9.17, 15) is 14.4 Å². The monoisotopic (exact) mass is 583 g/mol. The minimum Gasteiger partial charge on any atom is -0.497 e. The molecule has 1 atom stereocenters. The molecular formula is C31H45N5O4S. The molecule has 1 saturated carbocycles. The predicted molar refractivity (Wildman–Crippen MR) is 162 cm³/mol. The first-order valence-corrected chi connectivity index (χ1v) is 15.5. The Kier molecular flexibility index (Phi) is 11.1. The number of imidazole rings is 1. The number of carbonyl (C=O) groups excluding carboxylic acids is 3. The van der Waals surface area contributed by atoms with E-state index < -0.39 is 12.1 Å². The van der Waals surface area contributed by atoms with Crippen LogP contribution in [0.1, 0.15) is 76.0 Å². The number of aromatic amines is 1. The van der Waals surface area contributed by atoms with Crippen molar-refractivity contribution in [2.24, 2.45) is 11.3 Å². The Hall–Kier alpha value is -3.01. The molecular weight excluding hydrogens is 538 g/mol. The Morgan fingerprint density at radius 3 is 2.49 bits per heavy atom. The number of ketones is 1. The van der Waals surface area contributed by atoms with Crippen LogP contribution in [0.4, 0.5) is 4.79 Å². The summed E-state index contributed by atoms with van der Waals surface area (Å²) in [6.07, 6.45) is 12.9. The van der Waals surface area contributed by atoms with E-state index >= 15 is 0 Å². The molecule has 9 nitrogen and oxygen atoms in total. The molecule has 4 rings (SSSR count). The molecule has 224 valence electrons. The third-order valence-electron chi connectivity index (χ3n) is 8.98. The summed E-state index contributed by atoms with van der Waals surface area (Å²) in [5, 5.41) is 2.87. The third kappa shape index (κ3) is 7.64. The van der Waals surface area contributed by atoms with Crippen molar-refractivity contribution >= 4 is 30.5 Å². The molecule has 0 bridgehead atoms. The Balaban J connectivity index is 1.47. The number of likely N-dealkylation sites (tertiary alicyclic amines) is 1. The van der Waals surface area contributed by atoms with E-state index in [1.54, 1.807) is 19.6 Å². The summed E-state index contributed by atoms with van der Waals surface area (Å²) in [7, 11) is 1.61. The van der Waals surface area contributed by atoms with E-state index in [0.29, 0.717) is 63.4 Å². The number of H-pyrrole nitrogens is 1. The highest BCUT2D eigenvalue weighted by Gasteiger charge is 2.47. The average Bonchev–Trinajstić information content (AvgIpc) is 3.53. The highest BCUT2D eigenvalue weighted by Crippen LogP contribution is 2.47. The lowest BCUT2D eigenvalue weighted by molar-refractivity contribution is -0.145. The Labute approximate surface area is 249 Å². The van der Waals surface area contributed by atoms with Gasteiger partial charge in [-0.2, -0.15) is 0 Å². The molecule has 2 aromatic rings. The molecule has 1 aromatic heterocycles. The zero-order valence-electron chi connectivity index (χ0n) is 24.4. The fraction of sp³-hybridized carbons (Fsp3) is 0.613. The number of aromatic nitrogens is 2. The summed E-state index contributed by atoms with van der Waals surface area (Å²) < 4.78 is 6.51. The molecule has 2 N–H and O–H groups in total. The Morgan fingerprint density at radius 1 is 1.17 bits per heavy atom. The molecule has 0 radical (unpaired) electrons. The normalized spacial score (nSPS) is 18.0. The van der Waals surface area contributed by atoms with Crippen LogP contribution in [0.15, 0.2) is 36.8 Å². The quantitative estimate of drug-likeness (QED) is 0.305. The van der Waals surface area contributed by atoms with Crippen molar-refractivity contribution in [2.75, 3.05) is 26.7 Å². The number of benzene rings is 1. The van der Waals surface area contributed by atoms with Crippen LogP contribution in [0.25, 0.3) is 0 Å².